The van der Waals surface area contributed by atoms with E-state index in [-0.39, 0.29) is 46.7 Å². The highest BCUT2D eigenvalue weighted by Gasteiger charge is 2.31. The van der Waals surface area contributed by atoms with Crippen molar-refractivity contribution in [2.75, 3.05) is 10.6 Å². The number of nitrogens with one attached hydrogen (secondary N) is 2. The van der Waals surface area contributed by atoms with E-state index in [0.29, 0.717) is 55.6 Å². The Morgan fingerprint density at radius 1 is 1.15 bits per heavy atom. The Hall–Kier alpha value is -3.05. The molecule has 9 nitrogen and oxygen atoms in total. The van der Waals surface area contributed by atoms with Gasteiger partial charge in [-0.05, 0) is 50.7 Å². The Labute approximate surface area is 198 Å². The number of carbonyl (C=O) groups excluding carboxylic acids is 1. The summed E-state index contributed by atoms with van der Waals surface area (Å²) in [6.45, 7) is 0. The van der Waals surface area contributed by atoms with Crippen LogP contribution in [0.3, 0.4) is 0 Å². The molecule has 3 aromatic rings. The van der Waals surface area contributed by atoms with Gasteiger partial charge in [0, 0.05) is 18.0 Å². The third-order valence-corrected chi connectivity index (χ3v) is 6.92. The summed E-state index contributed by atoms with van der Waals surface area (Å²) in [6, 6.07) is 2.60. The molecule has 1 aromatic carbocycles. The number of anilines is 3. The van der Waals surface area contributed by atoms with Gasteiger partial charge in [-0.3, -0.25) is 9.36 Å². The molecule has 2 saturated carbocycles. The van der Waals surface area contributed by atoms with Crippen molar-refractivity contribution in [3.05, 3.63) is 35.0 Å². The first-order valence-corrected chi connectivity index (χ1v) is 11.6. The lowest BCUT2D eigenvalue weighted by Gasteiger charge is -2.32. The van der Waals surface area contributed by atoms with Crippen LogP contribution >= 0.6 is 11.6 Å². The summed E-state index contributed by atoms with van der Waals surface area (Å²) in [7, 11) is 0. The number of fused-ring (bicyclic) bond motifs is 1. The number of hydrogen-bond acceptors (Lipinski definition) is 7. The summed E-state index contributed by atoms with van der Waals surface area (Å²) >= 11 is 5.69. The number of aliphatic hydroxyl groups is 1. The fraction of sp³-hybridized carbons (Fsp3) is 0.455. The molecule has 5 N–H and O–H groups in total. The van der Waals surface area contributed by atoms with E-state index >= 15 is 0 Å². The molecule has 12 heteroatoms. The number of benzene rings is 1. The molecule has 0 bridgehead atoms. The van der Waals surface area contributed by atoms with Crippen LogP contribution in [-0.2, 0) is 4.79 Å². The summed E-state index contributed by atoms with van der Waals surface area (Å²) in [4.78, 5) is 25.1. The summed E-state index contributed by atoms with van der Waals surface area (Å²) in [5, 5.41) is 15.3. The Morgan fingerprint density at radius 3 is 2.56 bits per heavy atom. The van der Waals surface area contributed by atoms with E-state index in [0.717, 1.165) is 0 Å². The fourth-order valence-corrected chi connectivity index (χ4v) is 4.79. The van der Waals surface area contributed by atoms with Crippen LogP contribution in [0, 0.1) is 17.6 Å². The van der Waals surface area contributed by atoms with Crippen molar-refractivity contribution in [2.45, 2.75) is 56.7 Å². The van der Waals surface area contributed by atoms with Crippen molar-refractivity contribution in [1.82, 2.24) is 19.5 Å². The van der Waals surface area contributed by atoms with Crippen LogP contribution in [0.2, 0.25) is 5.02 Å². The van der Waals surface area contributed by atoms with Gasteiger partial charge in [0.05, 0.1) is 23.0 Å². The molecule has 180 valence electrons. The van der Waals surface area contributed by atoms with Crippen LogP contribution in [0.4, 0.5) is 26.4 Å². The second-order valence-electron chi connectivity index (χ2n) is 8.93. The van der Waals surface area contributed by atoms with Gasteiger partial charge >= 0.3 is 0 Å². The maximum atomic E-state index is 14.5. The quantitative estimate of drug-likeness (QED) is 0.387. The van der Waals surface area contributed by atoms with Crippen LogP contribution in [0.1, 0.15) is 44.6 Å². The van der Waals surface area contributed by atoms with Crippen molar-refractivity contribution < 1.29 is 18.7 Å². The molecule has 2 heterocycles. The highest BCUT2D eigenvalue weighted by Crippen LogP contribution is 2.37. The molecule has 34 heavy (non-hydrogen) atoms. The van der Waals surface area contributed by atoms with Crippen LogP contribution in [-0.4, -0.2) is 42.7 Å². The van der Waals surface area contributed by atoms with E-state index in [4.69, 9.17) is 17.3 Å². The van der Waals surface area contributed by atoms with Crippen molar-refractivity contribution in [1.29, 1.82) is 0 Å². The molecule has 0 radical (unpaired) electrons. The lowest BCUT2D eigenvalue weighted by molar-refractivity contribution is -0.122. The first kappa shape index (κ1) is 22.7. The monoisotopic (exact) mass is 491 g/mol. The van der Waals surface area contributed by atoms with E-state index in [1.54, 1.807) is 6.20 Å². The second-order valence-corrected chi connectivity index (χ2v) is 9.34. The largest absolute Gasteiger partial charge is 0.393 e. The standard InChI is InChI=1S/C22H24ClF2N7O2/c23-14-5-6-15(18(25)17(14)24)29-22-30-16-9-27-21(28-11-7-13(33)8-11)31-20(16)32(22)12-3-1-10(2-4-12)19(26)34/h5-6,9-13,33H,1-4,7-8H2,(H2,26,34)(H,29,30)(H,27,28,31)/t10-,11-,12-,13-. The molecule has 2 fully saturated rings. The minimum atomic E-state index is -1.15. The van der Waals surface area contributed by atoms with Gasteiger partial charge < -0.3 is 21.5 Å². The SMILES string of the molecule is NC(=O)[C@H]1CC[C@H](n2c(Nc3ccc(Cl)c(F)c3F)nc3cnc(N[C@H]4C[C@H](O)C4)nc32)CC1. The van der Waals surface area contributed by atoms with Gasteiger partial charge in [0.1, 0.15) is 5.52 Å². The zero-order valence-corrected chi connectivity index (χ0v) is 18.9. The van der Waals surface area contributed by atoms with Crippen molar-refractivity contribution in [3.8, 4) is 0 Å². The summed E-state index contributed by atoms with van der Waals surface area (Å²) in [5.74, 6) is -2.09. The van der Waals surface area contributed by atoms with Gasteiger partial charge in [0.25, 0.3) is 0 Å². The Balaban J connectivity index is 1.52. The van der Waals surface area contributed by atoms with E-state index < -0.39 is 11.6 Å². The number of aliphatic hydroxyl groups excluding tert-OH is 1. The second kappa shape index (κ2) is 8.95. The first-order chi connectivity index (χ1) is 16.3. The van der Waals surface area contributed by atoms with Gasteiger partial charge in [-0.2, -0.15) is 4.98 Å². The van der Waals surface area contributed by atoms with Crippen molar-refractivity contribution in [2.24, 2.45) is 11.7 Å². The van der Waals surface area contributed by atoms with E-state index in [1.807, 2.05) is 4.57 Å². The minimum Gasteiger partial charge on any atom is -0.393 e. The summed E-state index contributed by atoms with van der Waals surface area (Å²) in [5.41, 5.74) is 6.38. The normalized spacial score (nSPS) is 24.6. The topological polar surface area (TPSA) is 131 Å². The van der Waals surface area contributed by atoms with Crippen LogP contribution in [0.5, 0.6) is 0 Å². The van der Waals surface area contributed by atoms with E-state index in [2.05, 4.69) is 25.6 Å². The van der Waals surface area contributed by atoms with Crippen molar-refractivity contribution >= 4 is 46.3 Å². The lowest BCUT2D eigenvalue weighted by atomic mass is 9.85. The molecule has 0 saturated heterocycles. The zero-order chi connectivity index (χ0) is 24.0. The number of hydrogen-bond donors (Lipinski definition) is 4. The highest BCUT2D eigenvalue weighted by molar-refractivity contribution is 6.30. The van der Waals surface area contributed by atoms with Gasteiger partial charge in [-0.15, -0.1) is 0 Å². The number of aromatic nitrogens is 4. The van der Waals surface area contributed by atoms with Crippen LogP contribution in [0.25, 0.3) is 11.2 Å². The maximum absolute atomic E-state index is 14.5. The number of rotatable bonds is 6. The maximum Gasteiger partial charge on any atom is 0.224 e. The van der Waals surface area contributed by atoms with Gasteiger partial charge in [-0.1, -0.05) is 11.6 Å². The third kappa shape index (κ3) is 4.25. The Bertz CT molecular complexity index is 1240. The number of amides is 1. The van der Waals surface area contributed by atoms with Crippen molar-refractivity contribution in [3.63, 3.8) is 0 Å². The van der Waals surface area contributed by atoms with Gasteiger partial charge in [0.2, 0.25) is 17.8 Å². The van der Waals surface area contributed by atoms with Crippen LogP contribution in [0.15, 0.2) is 18.3 Å². The average molecular weight is 492 g/mol. The third-order valence-electron chi connectivity index (χ3n) is 6.63. The van der Waals surface area contributed by atoms with E-state index in [9.17, 15) is 18.7 Å². The molecule has 1 amide bonds. The minimum absolute atomic E-state index is 0.0820. The van der Waals surface area contributed by atoms with Gasteiger partial charge in [-0.25, -0.2) is 18.7 Å². The first-order valence-electron chi connectivity index (χ1n) is 11.2. The molecule has 0 spiro atoms. The number of nitrogens with zero attached hydrogens (tertiary/aromatic N) is 4. The lowest BCUT2D eigenvalue weighted by Crippen LogP contribution is -2.39. The molecule has 5 rings (SSSR count). The number of imidazole rings is 1. The van der Waals surface area contributed by atoms with E-state index in [1.165, 1.54) is 12.1 Å². The molecule has 0 unspecified atom stereocenters. The predicted molar refractivity (Wildman–Crippen MR) is 123 cm³/mol. The molecular weight excluding hydrogens is 468 g/mol. The molecule has 2 aliphatic carbocycles. The van der Waals surface area contributed by atoms with Gasteiger partial charge in [0.15, 0.2) is 17.3 Å². The molecular formula is C22H24ClF2N7O2. The number of primary amides is 1. The molecule has 2 aromatic heterocycles. The number of carbonyl (C=O) groups is 1. The number of nitrogens with two attached hydrogens (primary N) is 1. The Morgan fingerprint density at radius 2 is 1.88 bits per heavy atom. The summed E-state index contributed by atoms with van der Waals surface area (Å²) < 4.78 is 30.4. The number of halogens is 3. The average Bonchev–Trinajstić information content (AvgIpc) is 3.15. The zero-order valence-electron chi connectivity index (χ0n) is 18.1. The highest BCUT2D eigenvalue weighted by atomic mass is 35.5. The predicted octanol–water partition coefficient (Wildman–Crippen LogP) is 3.65. The molecule has 2 aliphatic rings. The molecule has 0 aliphatic heterocycles. The summed E-state index contributed by atoms with van der Waals surface area (Å²) in [6.07, 6.45) is 4.99. The fourth-order valence-electron chi connectivity index (χ4n) is 4.64. The molecule has 0 atom stereocenters. The van der Waals surface area contributed by atoms with Crippen LogP contribution < -0.4 is 16.4 Å². The Kier molecular flexibility index (Phi) is 5.98. The smallest absolute Gasteiger partial charge is 0.224 e.